The molecule has 0 spiro atoms. The van der Waals surface area contributed by atoms with Gasteiger partial charge in [-0.2, -0.15) is 0 Å². The topological polar surface area (TPSA) is 84.0 Å². The van der Waals surface area contributed by atoms with Gasteiger partial charge >= 0.3 is 0 Å². The number of amides is 1. The van der Waals surface area contributed by atoms with Crippen LogP contribution in [-0.4, -0.2) is 56.2 Å². The molecule has 5 rings (SSSR count). The number of imidazole rings is 1. The average molecular weight is 498 g/mol. The maximum absolute atomic E-state index is 12.5. The SMILES string of the molecule is CC(C)CC(=O)N1CCN(Cc2c(-c3ccccc3)nc3ccc(-c4cccc([N+](=O)[O-])c4)cn23)CC1. The van der Waals surface area contributed by atoms with Crippen LogP contribution in [0.15, 0.2) is 72.9 Å². The van der Waals surface area contributed by atoms with Crippen LogP contribution in [0.3, 0.4) is 0 Å². The summed E-state index contributed by atoms with van der Waals surface area (Å²) in [7, 11) is 0. The molecule has 4 aromatic rings. The van der Waals surface area contributed by atoms with Gasteiger partial charge in [-0.1, -0.05) is 56.3 Å². The minimum absolute atomic E-state index is 0.0679. The van der Waals surface area contributed by atoms with Crippen molar-refractivity contribution in [3.63, 3.8) is 0 Å². The predicted octanol–water partition coefficient (Wildman–Crippen LogP) is 5.27. The van der Waals surface area contributed by atoms with Crippen molar-refractivity contribution in [1.29, 1.82) is 0 Å². The van der Waals surface area contributed by atoms with Crippen LogP contribution in [-0.2, 0) is 11.3 Å². The van der Waals surface area contributed by atoms with Gasteiger partial charge in [0, 0.05) is 63.0 Å². The molecule has 0 unspecified atom stereocenters. The molecule has 0 bridgehead atoms. The Labute approximate surface area is 216 Å². The highest BCUT2D eigenvalue weighted by molar-refractivity contribution is 5.76. The first-order valence-electron chi connectivity index (χ1n) is 12.7. The second kappa shape index (κ2) is 10.5. The first kappa shape index (κ1) is 24.6. The number of pyridine rings is 1. The molecule has 0 saturated carbocycles. The molecule has 0 N–H and O–H groups in total. The van der Waals surface area contributed by atoms with Crippen LogP contribution in [0, 0.1) is 16.0 Å². The van der Waals surface area contributed by atoms with Crippen molar-refractivity contribution in [1.82, 2.24) is 19.2 Å². The number of nitrogens with zero attached hydrogens (tertiary/aromatic N) is 5. The molecule has 1 amide bonds. The summed E-state index contributed by atoms with van der Waals surface area (Å²) in [5.41, 5.74) is 5.61. The fraction of sp³-hybridized carbons (Fsp3) is 0.310. The van der Waals surface area contributed by atoms with Gasteiger partial charge in [0.15, 0.2) is 0 Å². The molecule has 1 saturated heterocycles. The van der Waals surface area contributed by atoms with Gasteiger partial charge in [-0.25, -0.2) is 4.98 Å². The Kier molecular flexibility index (Phi) is 7.01. The van der Waals surface area contributed by atoms with Crippen molar-refractivity contribution < 1.29 is 9.72 Å². The number of hydrogen-bond acceptors (Lipinski definition) is 5. The molecule has 37 heavy (non-hydrogen) atoms. The third-order valence-electron chi connectivity index (χ3n) is 6.84. The van der Waals surface area contributed by atoms with E-state index in [1.54, 1.807) is 12.1 Å². The van der Waals surface area contributed by atoms with E-state index in [2.05, 4.69) is 35.3 Å². The maximum atomic E-state index is 12.5. The van der Waals surface area contributed by atoms with Crippen molar-refractivity contribution in [2.45, 2.75) is 26.8 Å². The molecule has 2 aromatic heterocycles. The zero-order valence-corrected chi connectivity index (χ0v) is 21.2. The highest BCUT2D eigenvalue weighted by Crippen LogP contribution is 2.29. The fourth-order valence-electron chi connectivity index (χ4n) is 4.89. The summed E-state index contributed by atoms with van der Waals surface area (Å²) in [5, 5.41) is 11.3. The lowest BCUT2D eigenvalue weighted by Gasteiger charge is -2.35. The Bertz CT molecular complexity index is 1420. The van der Waals surface area contributed by atoms with Crippen molar-refractivity contribution in [3.8, 4) is 22.4 Å². The third kappa shape index (κ3) is 5.39. The van der Waals surface area contributed by atoms with Gasteiger partial charge < -0.3 is 9.30 Å². The largest absolute Gasteiger partial charge is 0.340 e. The van der Waals surface area contributed by atoms with E-state index >= 15 is 0 Å². The number of benzene rings is 2. The fourth-order valence-corrected chi connectivity index (χ4v) is 4.89. The lowest BCUT2D eigenvalue weighted by molar-refractivity contribution is -0.384. The monoisotopic (exact) mass is 497 g/mol. The van der Waals surface area contributed by atoms with Crippen LogP contribution in [0.1, 0.15) is 26.0 Å². The van der Waals surface area contributed by atoms with Crippen molar-refractivity contribution in [2.24, 2.45) is 5.92 Å². The molecule has 190 valence electrons. The minimum Gasteiger partial charge on any atom is -0.340 e. The number of piperazine rings is 1. The third-order valence-corrected chi connectivity index (χ3v) is 6.84. The van der Waals surface area contributed by atoms with E-state index in [-0.39, 0.29) is 16.5 Å². The van der Waals surface area contributed by atoms with E-state index < -0.39 is 0 Å². The quantitative estimate of drug-likeness (QED) is 0.257. The number of nitro groups is 1. The molecule has 0 atom stereocenters. The molecule has 1 fully saturated rings. The van der Waals surface area contributed by atoms with Gasteiger partial charge in [-0.15, -0.1) is 0 Å². The number of non-ortho nitro benzene ring substituents is 1. The molecule has 0 aliphatic carbocycles. The lowest BCUT2D eigenvalue weighted by atomic mass is 10.1. The van der Waals surface area contributed by atoms with Crippen LogP contribution in [0.25, 0.3) is 28.0 Å². The Hall–Kier alpha value is -4.04. The first-order valence-corrected chi connectivity index (χ1v) is 12.7. The molecular formula is C29H31N5O3. The van der Waals surface area contributed by atoms with Crippen molar-refractivity contribution in [3.05, 3.63) is 88.7 Å². The predicted molar refractivity (Wildman–Crippen MR) is 144 cm³/mol. The minimum atomic E-state index is -0.371. The first-order chi connectivity index (χ1) is 17.9. The molecule has 1 aliphatic heterocycles. The van der Waals surface area contributed by atoms with E-state index in [1.807, 2.05) is 47.5 Å². The van der Waals surface area contributed by atoms with Gasteiger partial charge in [0.05, 0.1) is 16.3 Å². The number of aromatic nitrogens is 2. The summed E-state index contributed by atoms with van der Waals surface area (Å²) in [6.07, 6.45) is 2.61. The number of rotatable bonds is 7. The molecular weight excluding hydrogens is 466 g/mol. The average Bonchev–Trinajstić information content (AvgIpc) is 3.26. The smallest absolute Gasteiger partial charge is 0.270 e. The summed E-state index contributed by atoms with van der Waals surface area (Å²) < 4.78 is 2.10. The Morgan fingerprint density at radius 1 is 0.946 bits per heavy atom. The number of carbonyl (C=O) groups is 1. The molecule has 3 heterocycles. The number of carbonyl (C=O) groups excluding carboxylic acids is 1. The zero-order chi connectivity index (χ0) is 25.9. The Morgan fingerprint density at radius 2 is 1.68 bits per heavy atom. The summed E-state index contributed by atoms with van der Waals surface area (Å²) in [5.74, 6) is 0.591. The maximum Gasteiger partial charge on any atom is 0.270 e. The van der Waals surface area contributed by atoms with E-state index in [0.717, 1.165) is 59.9 Å². The molecule has 8 heteroatoms. The molecule has 8 nitrogen and oxygen atoms in total. The van der Waals surface area contributed by atoms with Gasteiger partial charge in [0.25, 0.3) is 5.69 Å². The Morgan fingerprint density at radius 3 is 2.38 bits per heavy atom. The van der Waals surface area contributed by atoms with E-state index in [9.17, 15) is 14.9 Å². The van der Waals surface area contributed by atoms with E-state index in [4.69, 9.17) is 4.98 Å². The van der Waals surface area contributed by atoms with Gasteiger partial charge in [0.1, 0.15) is 5.65 Å². The van der Waals surface area contributed by atoms with Crippen LogP contribution >= 0.6 is 0 Å². The van der Waals surface area contributed by atoms with Crippen molar-refractivity contribution >= 4 is 17.2 Å². The van der Waals surface area contributed by atoms with Crippen LogP contribution < -0.4 is 0 Å². The number of fused-ring (bicyclic) bond motifs is 1. The normalized spacial score (nSPS) is 14.4. The van der Waals surface area contributed by atoms with Crippen LogP contribution in [0.2, 0.25) is 0 Å². The lowest BCUT2D eigenvalue weighted by Crippen LogP contribution is -2.48. The van der Waals surface area contributed by atoms with Crippen molar-refractivity contribution in [2.75, 3.05) is 26.2 Å². The number of hydrogen-bond donors (Lipinski definition) is 0. The molecule has 0 radical (unpaired) electrons. The second-order valence-electron chi connectivity index (χ2n) is 9.98. The van der Waals surface area contributed by atoms with E-state index in [1.165, 1.54) is 6.07 Å². The second-order valence-corrected chi connectivity index (χ2v) is 9.98. The zero-order valence-electron chi connectivity index (χ0n) is 21.2. The van der Waals surface area contributed by atoms with Gasteiger partial charge in [-0.05, 0) is 29.2 Å². The standard InChI is InChI=1S/C29H31N5O3/c1-21(2)17-28(35)32-15-13-31(14-16-32)20-26-29(22-7-4-3-5-8-22)30-27-12-11-24(19-33(26)27)23-9-6-10-25(18-23)34(36)37/h3-12,18-19,21H,13-17,20H2,1-2H3. The highest BCUT2D eigenvalue weighted by Gasteiger charge is 2.24. The Balaban J connectivity index is 1.48. The highest BCUT2D eigenvalue weighted by atomic mass is 16.6. The van der Waals surface area contributed by atoms with E-state index in [0.29, 0.717) is 18.9 Å². The number of nitro benzene ring substituents is 1. The van der Waals surface area contributed by atoms with Gasteiger partial charge in [-0.3, -0.25) is 19.8 Å². The van der Waals surface area contributed by atoms with Crippen LogP contribution in [0.4, 0.5) is 5.69 Å². The summed E-state index contributed by atoms with van der Waals surface area (Å²) in [6.45, 7) is 7.89. The summed E-state index contributed by atoms with van der Waals surface area (Å²) in [4.78, 5) is 32.8. The summed E-state index contributed by atoms with van der Waals surface area (Å²) in [6, 6.07) is 20.8. The summed E-state index contributed by atoms with van der Waals surface area (Å²) >= 11 is 0. The van der Waals surface area contributed by atoms with Gasteiger partial charge in [0.2, 0.25) is 5.91 Å². The molecule has 2 aromatic carbocycles. The molecule has 1 aliphatic rings. The van der Waals surface area contributed by atoms with Crippen LogP contribution in [0.5, 0.6) is 0 Å².